The number of nitrogens with zero attached hydrogens (tertiary/aromatic N) is 2. The van der Waals surface area contributed by atoms with Crippen molar-refractivity contribution in [2.45, 2.75) is 25.8 Å². The number of aromatic nitrogens is 1. The molecule has 0 spiro atoms. The van der Waals surface area contributed by atoms with Crippen LogP contribution in [-0.2, 0) is 4.79 Å². The fourth-order valence-corrected chi connectivity index (χ4v) is 4.40. The summed E-state index contributed by atoms with van der Waals surface area (Å²) in [6.07, 6.45) is 1.98. The monoisotopic (exact) mass is 352 g/mol. The van der Waals surface area contributed by atoms with E-state index in [1.807, 2.05) is 54.3 Å². The molecule has 4 rings (SSSR count). The van der Waals surface area contributed by atoms with Crippen LogP contribution in [0, 0.1) is 6.92 Å². The number of amides is 1. The molecule has 4 nitrogen and oxygen atoms in total. The number of benzene rings is 2. The van der Waals surface area contributed by atoms with Crippen molar-refractivity contribution >= 4 is 27.5 Å². The van der Waals surface area contributed by atoms with E-state index in [1.54, 1.807) is 11.3 Å². The maximum Gasteiger partial charge on any atom is 0.261 e. The molecule has 1 amide bonds. The molecule has 128 valence electrons. The molecule has 5 heteroatoms. The summed E-state index contributed by atoms with van der Waals surface area (Å²) >= 11 is 1.69. The number of carbonyl (C=O) groups excluding carboxylic acids is 1. The Morgan fingerprint density at radius 3 is 3.00 bits per heavy atom. The second-order valence-electron chi connectivity index (χ2n) is 6.37. The van der Waals surface area contributed by atoms with Crippen molar-refractivity contribution in [2.75, 3.05) is 13.2 Å². The molecule has 3 aromatic rings. The van der Waals surface area contributed by atoms with Crippen LogP contribution in [0.15, 0.2) is 48.5 Å². The Morgan fingerprint density at radius 1 is 1.28 bits per heavy atom. The average molecular weight is 352 g/mol. The van der Waals surface area contributed by atoms with Crippen molar-refractivity contribution < 1.29 is 9.53 Å². The van der Waals surface area contributed by atoms with Crippen LogP contribution in [0.5, 0.6) is 5.75 Å². The third-order valence-corrected chi connectivity index (χ3v) is 5.66. The normalized spacial score (nSPS) is 17.2. The van der Waals surface area contributed by atoms with Gasteiger partial charge in [-0.2, -0.15) is 0 Å². The lowest BCUT2D eigenvalue weighted by molar-refractivity contribution is -0.134. The zero-order chi connectivity index (χ0) is 17.2. The van der Waals surface area contributed by atoms with Crippen molar-refractivity contribution in [1.29, 1.82) is 0 Å². The zero-order valence-electron chi connectivity index (χ0n) is 14.1. The van der Waals surface area contributed by atoms with Crippen molar-refractivity contribution in [3.05, 3.63) is 59.1 Å². The highest BCUT2D eigenvalue weighted by Gasteiger charge is 2.32. The van der Waals surface area contributed by atoms with Gasteiger partial charge in [0.1, 0.15) is 10.8 Å². The van der Waals surface area contributed by atoms with Gasteiger partial charge in [0.25, 0.3) is 5.91 Å². The van der Waals surface area contributed by atoms with E-state index >= 15 is 0 Å². The van der Waals surface area contributed by atoms with Crippen LogP contribution in [0.25, 0.3) is 10.2 Å². The predicted molar refractivity (Wildman–Crippen MR) is 100.0 cm³/mol. The van der Waals surface area contributed by atoms with Crippen molar-refractivity contribution in [3.8, 4) is 5.75 Å². The van der Waals surface area contributed by atoms with E-state index in [9.17, 15) is 4.79 Å². The minimum absolute atomic E-state index is 0.0308. The quantitative estimate of drug-likeness (QED) is 0.701. The van der Waals surface area contributed by atoms with Gasteiger partial charge in [-0.3, -0.25) is 4.79 Å². The molecular formula is C20H20N2O2S. The lowest BCUT2D eigenvalue weighted by Crippen LogP contribution is -2.34. The van der Waals surface area contributed by atoms with Gasteiger partial charge in [0.05, 0.1) is 16.3 Å². The first-order valence-corrected chi connectivity index (χ1v) is 9.37. The van der Waals surface area contributed by atoms with Crippen LogP contribution < -0.4 is 4.74 Å². The molecule has 2 aromatic carbocycles. The van der Waals surface area contributed by atoms with Gasteiger partial charge in [0, 0.05) is 6.54 Å². The van der Waals surface area contributed by atoms with Gasteiger partial charge < -0.3 is 9.64 Å². The molecule has 1 aliphatic rings. The lowest BCUT2D eigenvalue weighted by Gasteiger charge is -2.23. The number of carbonyl (C=O) groups is 1. The molecule has 0 N–H and O–H groups in total. The van der Waals surface area contributed by atoms with E-state index in [2.05, 4.69) is 6.07 Å². The number of likely N-dealkylation sites (tertiary alicyclic amines) is 1. The Balaban J connectivity index is 1.47. The summed E-state index contributed by atoms with van der Waals surface area (Å²) in [6.45, 7) is 2.86. The first kappa shape index (κ1) is 16.1. The lowest BCUT2D eigenvalue weighted by atomic mass is 10.2. The molecule has 1 atom stereocenters. The predicted octanol–water partition coefficient (Wildman–Crippen LogP) is 4.35. The molecule has 1 aromatic heterocycles. The maximum absolute atomic E-state index is 12.7. The Labute approximate surface area is 151 Å². The van der Waals surface area contributed by atoms with Gasteiger partial charge in [-0.05, 0) is 49.6 Å². The second-order valence-corrected chi connectivity index (χ2v) is 7.43. The molecule has 1 unspecified atom stereocenters. The molecule has 1 fully saturated rings. The van der Waals surface area contributed by atoms with Gasteiger partial charge in [-0.1, -0.05) is 24.3 Å². The largest absolute Gasteiger partial charge is 0.484 e. The van der Waals surface area contributed by atoms with Crippen LogP contribution in [0.4, 0.5) is 0 Å². The van der Waals surface area contributed by atoms with E-state index in [0.29, 0.717) is 0 Å². The Bertz CT molecular complexity index is 872. The van der Waals surface area contributed by atoms with Crippen LogP contribution in [0.1, 0.15) is 29.5 Å². The molecule has 0 aliphatic carbocycles. The highest BCUT2D eigenvalue weighted by atomic mass is 32.1. The first-order chi connectivity index (χ1) is 12.2. The van der Waals surface area contributed by atoms with E-state index in [4.69, 9.17) is 9.72 Å². The van der Waals surface area contributed by atoms with Crippen molar-refractivity contribution in [1.82, 2.24) is 9.88 Å². The van der Waals surface area contributed by atoms with E-state index in [0.717, 1.165) is 41.2 Å². The van der Waals surface area contributed by atoms with Gasteiger partial charge >= 0.3 is 0 Å². The fraction of sp³-hybridized carbons (Fsp3) is 0.300. The summed E-state index contributed by atoms with van der Waals surface area (Å²) in [5.41, 5.74) is 2.14. The van der Waals surface area contributed by atoms with Crippen molar-refractivity contribution in [2.24, 2.45) is 0 Å². The number of aryl methyl sites for hydroxylation is 1. The molecular weight excluding hydrogens is 332 g/mol. The van der Waals surface area contributed by atoms with Gasteiger partial charge in [0.2, 0.25) is 0 Å². The average Bonchev–Trinajstić information content (AvgIpc) is 3.26. The van der Waals surface area contributed by atoms with Gasteiger partial charge in [-0.15, -0.1) is 11.3 Å². The zero-order valence-corrected chi connectivity index (χ0v) is 15.0. The summed E-state index contributed by atoms with van der Waals surface area (Å²) in [5.74, 6) is 0.771. The second kappa shape index (κ2) is 6.84. The highest BCUT2D eigenvalue weighted by Crippen LogP contribution is 2.36. The SMILES string of the molecule is Cc1cccc(OCC(=O)N2CCCC2c2nc3ccccc3s2)c1. The summed E-state index contributed by atoms with van der Waals surface area (Å²) in [6, 6.07) is 16.0. The molecule has 25 heavy (non-hydrogen) atoms. The molecule has 0 saturated carbocycles. The number of hydrogen-bond acceptors (Lipinski definition) is 4. The van der Waals surface area contributed by atoms with Crippen LogP contribution in [0.2, 0.25) is 0 Å². The Kier molecular flexibility index (Phi) is 4.40. The van der Waals surface area contributed by atoms with E-state index in [-0.39, 0.29) is 18.6 Å². The standard InChI is InChI=1S/C20H20N2O2S/c1-14-6-4-7-15(12-14)24-13-19(23)22-11-5-9-17(22)20-21-16-8-2-3-10-18(16)25-20/h2-4,6-8,10,12,17H,5,9,11,13H2,1H3. The smallest absolute Gasteiger partial charge is 0.261 e. The minimum Gasteiger partial charge on any atom is -0.484 e. The highest BCUT2D eigenvalue weighted by molar-refractivity contribution is 7.18. The summed E-state index contributed by atoms with van der Waals surface area (Å²) in [5, 5.41) is 1.03. The first-order valence-electron chi connectivity index (χ1n) is 8.55. The van der Waals surface area contributed by atoms with E-state index in [1.165, 1.54) is 4.70 Å². The maximum atomic E-state index is 12.7. The number of thiazole rings is 1. The Hall–Kier alpha value is -2.40. The molecule has 0 bridgehead atoms. The number of rotatable bonds is 4. The third-order valence-electron chi connectivity index (χ3n) is 4.52. The summed E-state index contributed by atoms with van der Waals surface area (Å²) in [7, 11) is 0. The summed E-state index contributed by atoms with van der Waals surface area (Å²) < 4.78 is 6.87. The third kappa shape index (κ3) is 3.37. The molecule has 2 heterocycles. The van der Waals surface area contributed by atoms with Crippen LogP contribution in [0.3, 0.4) is 0 Å². The number of hydrogen-bond donors (Lipinski definition) is 0. The number of ether oxygens (including phenoxy) is 1. The van der Waals surface area contributed by atoms with Crippen molar-refractivity contribution in [3.63, 3.8) is 0 Å². The minimum atomic E-state index is 0.0308. The van der Waals surface area contributed by atoms with Crippen LogP contribution >= 0.6 is 11.3 Å². The molecule has 1 saturated heterocycles. The van der Waals surface area contributed by atoms with Gasteiger partial charge in [0.15, 0.2) is 6.61 Å². The summed E-state index contributed by atoms with van der Waals surface area (Å²) in [4.78, 5) is 19.3. The fourth-order valence-electron chi connectivity index (χ4n) is 3.29. The molecule has 1 aliphatic heterocycles. The molecule has 0 radical (unpaired) electrons. The Morgan fingerprint density at radius 2 is 2.16 bits per heavy atom. The van der Waals surface area contributed by atoms with E-state index < -0.39 is 0 Å². The number of para-hydroxylation sites is 1. The van der Waals surface area contributed by atoms with Crippen LogP contribution in [-0.4, -0.2) is 28.9 Å². The topological polar surface area (TPSA) is 42.4 Å². The van der Waals surface area contributed by atoms with Gasteiger partial charge in [-0.25, -0.2) is 4.98 Å². The number of fused-ring (bicyclic) bond motifs is 1.